The second kappa shape index (κ2) is 17.3. The van der Waals surface area contributed by atoms with Gasteiger partial charge in [0.1, 0.15) is 29.2 Å². The number of amides is 3. The SMILES string of the molecule is C=C(c1ccc(C2CC(F)CN(C(/C=C(\N)c3ccccc3O)=C(N)N)C2)c(C)c1)N1CCC(F)(CN2CCC(n3ccc4cc(N5CCC(=O)NC5=O)c(F)cc43)CC2)CC1. The first kappa shape index (κ1) is 42.6. The van der Waals surface area contributed by atoms with Crippen molar-refractivity contribution in [2.45, 2.75) is 69.2 Å². The Morgan fingerprint density at radius 3 is 2.40 bits per heavy atom. The van der Waals surface area contributed by atoms with Gasteiger partial charge in [-0.3, -0.25) is 15.0 Å². The number of piperidine rings is 3. The highest BCUT2D eigenvalue weighted by atomic mass is 19.1. The van der Waals surface area contributed by atoms with E-state index in [4.69, 9.17) is 17.2 Å². The van der Waals surface area contributed by atoms with Crippen molar-refractivity contribution in [1.82, 2.24) is 24.6 Å². The van der Waals surface area contributed by atoms with E-state index in [9.17, 15) is 14.7 Å². The van der Waals surface area contributed by atoms with E-state index in [0.717, 1.165) is 59.2 Å². The molecule has 3 amide bonds. The van der Waals surface area contributed by atoms with E-state index in [0.29, 0.717) is 56.7 Å². The predicted molar refractivity (Wildman–Crippen MR) is 236 cm³/mol. The molecule has 0 bridgehead atoms. The van der Waals surface area contributed by atoms with Gasteiger partial charge in [-0.05, 0) is 79.3 Å². The molecule has 328 valence electrons. The second-order valence-corrected chi connectivity index (χ2v) is 17.4. The van der Waals surface area contributed by atoms with Gasteiger partial charge in [-0.15, -0.1) is 0 Å². The van der Waals surface area contributed by atoms with E-state index >= 15 is 13.2 Å². The molecule has 15 heteroatoms. The van der Waals surface area contributed by atoms with E-state index in [-0.39, 0.29) is 60.3 Å². The molecule has 4 aromatic rings. The maximum atomic E-state index is 16.5. The fourth-order valence-corrected chi connectivity index (χ4v) is 9.83. The number of para-hydroxylation sites is 1. The van der Waals surface area contributed by atoms with Crippen molar-refractivity contribution >= 4 is 39.9 Å². The van der Waals surface area contributed by atoms with Crippen LogP contribution in [0.3, 0.4) is 0 Å². The number of rotatable bonds is 10. The number of aromatic hydroxyl groups is 1. The Hall–Kier alpha value is -6.09. The summed E-state index contributed by atoms with van der Waals surface area (Å²) in [5.41, 5.74) is 23.0. The average Bonchev–Trinajstić information content (AvgIpc) is 3.65. The quantitative estimate of drug-likeness (QED) is 0.111. The molecule has 0 aliphatic carbocycles. The summed E-state index contributed by atoms with van der Waals surface area (Å²) in [5.74, 6) is -1.01. The third kappa shape index (κ3) is 8.81. The second-order valence-electron chi connectivity index (χ2n) is 17.4. The number of fused-ring (bicyclic) bond motifs is 1. The van der Waals surface area contributed by atoms with Crippen molar-refractivity contribution < 1.29 is 27.9 Å². The number of carbonyl (C=O) groups excluding carboxylic acids is 2. The molecule has 4 aliphatic heterocycles. The number of hydrogen-bond acceptors (Lipinski definition) is 9. The van der Waals surface area contributed by atoms with Gasteiger partial charge >= 0.3 is 6.03 Å². The molecule has 8 N–H and O–H groups in total. The smallest absolute Gasteiger partial charge is 0.328 e. The highest BCUT2D eigenvalue weighted by Crippen LogP contribution is 2.38. The van der Waals surface area contributed by atoms with Gasteiger partial charge in [-0.2, -0.15) is 0 Å². The maximum Gasteiger partial charge on any atom is 0.328 e. The molecule has 62 heavy (non-hydrogen) atoms. The van der Waals surface area contributed by atoms with Gasteiger partial charge in [0, 0.05) is 118 Å². The summed E-state index contributed by atoms with van der Waals surface area (Å²) in [7, 11) is 0. The number of aromatic nitrogens is 1. The van der Waals surface area contributed by atoms with Crippen LogP contribution in [-0.4, -0.2) is 101 Å². The maximum absolute atomic E-state index is 16.5. The van der Waals surface area contributed by atoms with Crippen molar-refractivity contribution in [2.75, 3.05) is 57.3 Å². The van der Waals surface area contributed by atoms with Crippen molar-refractivity contribution in [3.8, 4) is 5.75 Å². The van der Waals surface area contributed by atoms with Gasteiger partial charge in [-0.1, -0.05) is 30.8 Å². The molecule has 4 fully saturated rings. The number of nitrogens with zero attached hydrogens (tertiary/aromatic N) is 5. The molecule has 1 aromatic heterocycles. The Labute approximate surface area is 360 Å². The van der Waals surface area contributed by atoms with Gasteiger partial charge in [-0.25, -0.2) is 18.0 Å². The van der Waals surface area contributed by atoms with Crippen LogP contribution in [0.1, 0.15) is 72.7 Å². The van der Waals surface area contributed by atoms with Crippen molar-refractivity contribution in [2.24, 2.45) is 17.2 Å². The third-order valence-corrected chi connectivity index (χ3v) is 13.2. The van der Waals surface area contributed by atoms with Gasteiger partial charge < -0.3 is 41.6 Å². The molecule has 0 radical (unpaired) electrons. The average molecular weight is 852 g/mol. The minimum Gasteiger partial charge on any atom is -0.507 e. The molecule has 3 aromatic carbocycles. The van der Waals surface area contributed by atoms with Crippen molar-refractivity contribution in [3.63, 3.8) is 0 Å². The van der Waals surface area contributed by atoms with Crippen molar-refractivity contribution in [3.05, 3.63) is 119 Å². The summed E-state index contributed by atoms with van der Waals surface area (Å²) in [5, 5.41) is 13.4. The molecule has 8 rings (SSSR count). The summed E-state index contributed by atoms with van der Waals surface area (Å²) in [6.07, 6.45) is 5.23. The molecular formula is C47H56F3N9O3. The Morgan fingerprint density at radius 1 is 0.968 bits per heavy atom. The number of allylic oxidation sites excluding steroid dienone is 1. The van der Waals surface area contributed by atoms with Crippen LogP contribution in [0.5, 0.6) is 5.75 Å². The molecule has 2 atom stereocenters. The molecule has 0 saturated carbocycles. The number of halogens is 3. The van der Waals surface area contributed by atoms with Crippen LogP contribution in [0.15, 0.2) is 91.0 Å². The number of phenols is 1. The lowest BCUT2D eigenvalue weighted by Crippen LogP contribution is -2.49. The fraction of sp³-hybridized carbons (Fsp3) is 0.404. The van der Waals surface area contributed by atoms with Gasteiger partial charge in [0.15, 0.2) is 0 Å². The number of benzene rings is 3. The number of aryl methyl sites for hydroxylation is 1. The van der Waals surface area contributed by atoms with Crippen LogP contribution >= 0.6 is 0 Å². The number of urea groups is 1. The molecular weight excluding hydrogens is 796 g/mol. The number of hydrogen-bond donors (Lipinski definition) is 5. The monoisotopic (exact) mass is 851 g/mol. The predicted octanol–water partition coefficient (Wildman–Crippen LogP) is 6.57. The zero-order chi connectivity index (χ0) is 43.9. The Morgan fingerprint density at radius 2 is 1.71 bits per heavy atom. The lowest BCUT2D eigenvalue weighted by Gasteiger charge is -2.42. The van der Waals surface area contributed by atoms with Crippen LogP contribution < -0.4 is 27.4 Å². The van der Waals surface area contributed by atoms with Crippen molar-refractivity contribution in [1.29, 1.82) is 0 Å². The standard InChI is InChI=1S/C47H56F3N9O3/c1-29-21-31(7-8-36(29)33-22-34(48)27-57(26-33)42(45(52)53)25-39(51)37-5-3-4-6-43(37)60)30(2)56-19-13-47(50,14-20-56)28-55-15-10-35(11-16-55)58-17-9-32-23-41(38(49)24-40(32)58)59-18-12-44(61)54-46(59)62/h3-9,17,21,23-25,33-35,60H,2,10-16,18-20,22,26-28,51-53H2,1H3,(H,54,61,62)/b39-25-. The molecule has 0 spiro atoms. The summed E-state index contributed by atoms with van der Waals surface area (Å²) in [4.78, 5) is 31.4. The van der Waals surface area contributed by atoms with Crippen LogP contribution in [0, 0.1) is 12.7 Å². The minimum atomic E-state index is -1.33. The van der Waals surface area contributed by atoms with Crippen LogP contribution in [0.25, 0.3) is 22.3 Å². The number of nitrogens with one attached hydrogen (secondary N) is 1. The number of likely N-dealkylation sites (tertiary alicyclic amines) is 3. The fourth-order valence-electron chi connectivity index (χ4n) is 9.83. The summed E-state index contributed by atoms with van der Waals surface area (Å²) in [6.45, 7) is 10.0. The van der Waals surface area contributed by atoms with Gasteiger partial charge in [0.05, 0.1) is 16.9 Å². The third-order valence-electron chi connectivity index (χ3n) is 13.2. The number of carbonyl (C=O) groups is 2. The lowest BCUT2D eigenvalue weighted by molar-refractivity contribution is -0.120. The van der Waals surface area contributed by atoms with Gasteiger partial charge in [0.25, 0.3) is 0 Å². The highest BCUT2D eigenvalue weighted by molar-refractivity contribution is 6.06. The van der Waals surface area contributed by atoms with E-state index in [1.54, 1.807) is 30.3 Å². The highest BCUT2D eigenvalue weighted by Gasteiger charge is 2.38. The molecule has 12 nitrogen and oxygen atoms in total. The zero-order valence-corrected chi connectivity index (χ0v) is 35.1. The number of nitrogens with two attached hydrogens (primary N) is 3. The largest absolute Gasteiger partial charge is 0.507 e. The van der Waals surface area contributed by atoms with E-state index in [1.165, 1.54) is 17.0 Å². The molecule has 2 unspecified atom stereocenters. The van der Waals surface area contributed by atoms with E-state index in [1.807, 2.05) is 36.2 Å². The summed E-state index contributed by atoms with van der Waals surface area (Å²) >= 11 is 0. The van der Waals surface area contributed by atoms with E-state index in [2.05, 4.69) is 32.3 Å². The topological polar surface area (TPSA) is 162 Å². The first-order valence-electron chi connectivity index (χ1n) is 21.4. The molecule has 5 heterocycles. The molecule has 4 aliphatic rings. The first-order valence-corrected chi connectivity index (χ1v) is 21.4. The Bertz CT molecular complexity index is 2430. The van der Waals surface area contributed by atoms with Crippen LogP contribution in [-0.2, 0) is 4.79 Å². The Kier molecular flexibility index (Phi) is 11.9. The lowest BCUT2D eigenvalue weighted by atomic mass is 9.85. The molecule has 4 saturated heterocycles. The number of alkyl halides is 2. The van der Waals surface area contributed by atoms with E-state index < -0.39 is 23.7 Å². The Balaban J connectivity index is 0.849. The first-order chi connectivity index (χ1) is 29.7. The summed E-state index contributed by atoms with van der Waals surface area (Å²) in [6, 6.07) is 17.4. The number of imide groups is 1. The van der Waals surface area contributed by atoms with Crippen LogP contribution in [0.2, 0.25) is 0 Å². The van der Waals surface area contributed by atoms with Crippen LogP contribution in [0.4, 0.5) is 23.7 Å². The number of phenolic OH excluding ortho intramolecular Hbond substituents is 1. The minimum absolute atomic E-state index is 0.00744. The zero-order valence-electron chi connectivity index (χ0n) is 35.1. The number of anilines is 1. The van der Waals surface area contributed by atoms with Gasteiger partial charge in [0.2, 0.25) is 5.91 Å². The summed E-state index contributed by atoms with van der Waals surface area (Å²) < 4.78 is 49.3. The normalized spacial score (nSPS) is 21.6.